The van der Waals surface area contributed by atoms with Gasteiger partial charge in [-0.25, -0.2) is 0 Å². The molecule has 0 saturated heterocycles. The highest BCUT2D eigenvalue weighted by Crippen LogP contribution is 2.33. The molecule has 0 aromatic heterocycles. The third kappa shape index (κ3) is 9.94. The molecule has 8 aromatic carbocycles. The first-order valence-electron chi connectivity index (χ1n) is 21.8. The lowest BCUT2D eigenvalue weighted by atomic mass is 9.85. The van der Waals surface area contributed by atoms with E-state index in [0.29, 0.717) is 0 Å². The van der Waals surface area contributed by atoms with Crippen LogP contribution in [0.2, 0.25) is 0 Å². The van der Waals surface area contributed by atoms with Gasteiger partial charge in [-0.15, -0.1) is 0 Å². The lowest BCUT2D eigenvalue weighted by Crippen LogP contribution is -2.10. The van der Waals surface area contributed by atoms with Crippen molar-refractivity contribution in [1.29, 1.82) is 0 Å². The number of benzene rings is 8. The molecule has 0 N–H and O–H groups in total. The second-order valence-corrected chi connectivity index (χ2v) is 18.3. The number of fused-ring (bicyclic) bond motifs is 1. The average molecular weight is 801 g/mol. The van der Waals surface area contributed by atoms with Gasteiger partial charge in [0.15, 0.2) is 0 Å². The zero-order chi connectivity index (χ0) is 43.1. The summed E-state index contributed by atoms with van der Waals surface area (Å²) in [6.07, 6.45) is 13.8. The fraction of sp³-hybridized carbons (Fsp3) is 0.129. The summed E-state index contributed by atoms with van der Waals surface area (Å²) >= 11 is 0. The minimum Gasteiger partial charge on any atom is -0.0622 e. The molecule has 0 aliphatic carbocycles. The quantitative estimate of drug-likeness (QED) is 0.121. The van der Waals surface area contributed by atoms with Crippen LogP contribution in [0.3, 0.4) is 0 Å². The first-order chi connectivity index (χ1) is 30.0. The molecule has 0 nitrogen and oxygen atoms in total. The minimum absolute atomic E-state index is 0.0923. The van der Waals surface area contributed by atoms with Crippen LogP contribution in [0.25, 0.3) is 58.4 Å². The Bertz CT molecular complexity index is 2700. The summed E-state index contributed by atoms with van der Waals surface area (Å²) in [6, 6.07) is 70.3. The van der Waals surface area contributed by atoms with Crippen molar-refractivity contribution in [2.75, 3.05) is 0 Å². The molecule has 0 heterocycles. The smallest absolute Gasteiger partial charge is 0.0105 e. The molecule has 0 radical (unpaired) electrons. The Morgan fingerprint density at radius 1 is 0.290 bits per heavy atom. The fourth-order valence-corrected chi connectivity index (χ4v) is 8.02. The third-order valence-electron chi connectivity index (χ3n) is 11.7. The fourth-order valence-electron chi connectivity index (χ4n) is 8.02. The lowest BCUT2D eigenvalue weighted by Gasteiger charge is -2.20. The van der Waals surface area contributed by atoms with Crippen molar-refractivity contribution in [3.05, 3.63) is 261 Å². The van der Waals surface area contributed by atoms with Crippen molar-refractivity contribution in [2.24, 2.45) is 0 Å². The normalized spacial score (nSPS) is 12.7. The number of hydrogen-bond acceptors (Lipinski definition) is 0. The predicted molar refractivity (Wildman–Crippen MR) is 272 cm³/mol. The van der Waals surface area contributed by atoms with E-state index in [9.17, 15) is 0 Å². The van der Waals surface area contributed by atoms with Crippen LogP contribution >= 0.6 is 0 Å². The molecule has 0 saturated carbocycles. The topological polar surface area (TPSA) is 0 Å². The van der Waals surface area contributed by atoms with Crippen molar-refractivity contribution in [2.45, 2.75) is 52.4 Å². The van der Waals surface area contributed by atoms with Crippen LogP contribution in [-0.2, 0) is 10.8 Å². The third-order valence-corrected chi connectivity index (χ3v) is 11.7. The summed E-state index contributed by atoms with van der Waals surface area (Å²) in [4.78, 5) is 0. The Labute approximate surface area is 370 Å². The first-order valence-corrected chi connectivity index (χ1v) is 21.8. The van der Waals surface area contributed by atoms with Crippen molar-refractivity contribution in [3.8, 4) is 0 Å². The Kier molecular flexibility index (Phi) is 12.3. The Balaban J connectivity index is 1.18. The second kappa shape index (κ2) is 18.3. The highest BCUT2D eigenvalue weighted by Gasteiger charge is 2.16. The maximum absolute atomic E-state index is 2.34. The number of rotatable bonds is 10. The largest absolute Gasteiger partial charge is 0.0622 e. The van der Waals surface area contributed by atoms with E-state index in [4.69, 9.17) is 0 Å². The van der Waals surface area contributed by atoms with E-state index >= 15 is 0 Å². The van der Waals surface area contributed by atoms with Crippen molar-refractivity contribution >= 4 is 58.4 Å². The van der Waals surface area contributed by atoms with Crippen LogP contribution in [0.4, 0.5) is 0 Å². The molecule has 0 aliphatic rings. The second-order valence-electron chi connectivity index (χ2n) is 18.3. The van der Waals surface area contributed by atoms with E-state index < -0.39 is 0 Å². The molecule has 0 spiro atoms. The van der Waals surface area contributed by atoms with Gasteiger partial charge in [0, 0.05) is 0 Å². The molecule has 8 rings (SSSR count). The molecule has 0 bridgehead atoms. The Morgan fingerprint density at radius 2 is 0.581 bits per heavy atom. The maximum atomic E-state index is 2.34. The van der Waals surface area contributed by atoms with Crippen molar-refractivity contribution < 1.29 is 0 Å². The molecule has 0 amide bonds. The van der Waals surface area contributed by atoms with Gasteiger partial charge < -0.3 is 0 Å². The van der Waals surface area contributed by atoms with Gasteiger partial charge in [-0.2, -0.15) is 0 Å². The van der Waals surface area contributed by atoms with Crippen LogP contribution < -0.4 is 0 Å². The summed E-state index contributed by atoms with van der Waals surface area (Å²) < 4.78 is 0. The lowest BCUT2D eigenvalue weighted by molar-refractivity contribution is 0.590. The average Bonchev–Trinajstić information content (AvgIpc) is 3.29. The van der Waals surface area contributed by atoms with Gasteiger partial charge in [-0.1, -0.05) is 248 Å². The summed E-state index contributed by atoms with van der Waals surface area (Å²) in [5.74, 6) is 0. The molecular weight excluding hydrogens is 745 g/mol. The zero-order valence-corrected chi connectivity index (χ0v) is 36.9. The van der Waals surface area contributed by atoms with Gasteiger partial charge in [-0.05, 0) is 124 Å². The molecule has 0 aliphatic heterocycles. The van der Waals surface area contributed by atoms with Gasteiger partial charge in [0.1, 0.15) is 0 Å². The van der Waals surface area contributed by atoms with E-state index in [-0.39, 0.29) is 10.8 Å². The van der Waals surface area contributed by atoms with E-state index in [1.54, 1.807) is 0 Å². The van der Waals surface area contributed by atoms with Crippen LogP contribution in [-0.4, -0.2) is 0 Å². The molecule has 0 heteroatoms. The summed E-state index contributed by atoms with van der Waals surface area (Å²) in [5, 5.41) is 2.44. The highest BCUT2D eigenvalue weighted by atomic mass is 14.2. The van der Waals surface area contributed by atoms with Gasteiger partial charge >= 0.3 is 0 Å². The van der Waals surface area contributed by atoms with Gasteiger partial charge in [0.05, 0.1) is 0 Å². The maximum Gasteiger partial charge on any atom is -0.0105 e. The Hall–Kier alpha value is -7.02. The van der Waals surface area contributed by atoms with Crippen LogP contribution in [0.15, 0.2) is 194 Å². The first kappa shape index (κ1) is 41.7. The van der Waals surface area contributed by atoms with Gasteiger partial charge in [0.2, 0.25) is 0 Å². The van der Waals surface area contributed by atoms with Crippen LogP contribution in [0.1, 0.15) is 108 Å². The highest BCUT2D eigenvalue weighted by molar-refractivity contribution is 5.96. The van der Waals surface area contributed by atoms with E-state index in [1.165, 1.54) is 66.4 Å². The molecule has 0 unspecified atom stereocenters. The summed E-state index contributed by atoms with van der Waals surface area (Å²) in [7, 11) is 0. The standard InChI is InChI=1S/C62H56/c1-61(2,3)57-37-33-49(34-38-57)59(47-21-9-7-10-22-47)43-53-27-15-13-19-45(53)29-31-55-41-51-25-17-18-26-52(51)42-56(55)32-30-46-20-14-16-28-54(46)44-60(48-23-11-8-12-24-48)50-35-39-58(40-36-50)62(4,5)6/h7-44H,1-6H3. The molecular formula is C62H56. The van der Waals surface area contributed by atoms with Crippen LogP contribution in [0.5, 0.6) is 0 Å². The summed E-state index contributed by atoms with van der Waals surface area (Å²) in [6.45, 7) is 13.6. The predicted octanol–water partition coefficient (Wildman–Crippen LogP) is 17.0. The summed E-state index contributed by atoms with van der Waals surface area (Å²) in [5.41, 5.74) is 17.0. The SMILES string of the molecule is CC(C)(C)c1ccc(C(=Cc2ccccc2C=Cc2cc3ccccc3cc2C=Cc2ccccc2C=C(c2ccccc2)c2ccc(C(C)(C)C)cc2)c2ccccc2)cc1. The Morgan fingerprint density at radius 3 is 0.935 bits per heavy atom. The molecule has 0 atom stereocenters. The molecule has 8 aromatic rings. The molecule has 304 valence electrons. The van der Waals surface area contributed by atoms with Gasteiger partial charge in [-0.3, -0.25) is 0 Å². The van der Waals surface area contributed by atoms with E-state index in [2.05, 4.69) is 272 Å². The van der Waals surface area contributed by atoms with Crippen molar-refractivity contribution in [3.63, 3.8) is 0 Å². The molecule has 0 fully saturated rings. The van der Waals surface area contributed by atoms with Crippen LogP contribution in [0, 0.1) is 0 Å². The number of hydrogen-bond donors (Lipinski definition) is 0. The minimum atomic E-state index is 0.0923. The van der Waals surface area contributed by atoms with E-state index in [1.807, 2.05) is 0 Å². The van der Waals surface area contributed by atoms with Crippen molar-refractivity contribution in [1.82, 2.24) is 0 Å². The van der Waals surface area contributed by atoms with E-state index in [0.717, 1.165) is 22.3 Å². The van der Waals surface area contributed by atoms with Gasteiger partial charge in [0.25, 0.3) is 0 Å². The zero-order valence-electron chi connectivity index (χ0n) is 36.9. The molecule has 62 heavy (non-hydrogen) atoms. The monoisotopic (exact) mass is 800 g/mol.